The summed E-state index contributed by atoms with van der Waals surface area (Å²) in [5.74, 6) is -1.43. The van der Waals surface area contributed by atoms with Crippen molar-refractivity contribution in [3.63, 3.8) is 0 Å². The quantitative estimate of drug-likeness (QED) is 0.414. The average Bonchev–Trinajstić information content (AvgIpc) is 2.66. The molecule has 8 nitrogen and oxygen atoms in total. The molecule has 0 fully saturated rings. The van der Waals surface area contributed by atoms with Crippen molar-refractivity contribution in [2.45, 2.75) is 25.2 Å². The molecule has 0 spiro atoms. The third-order valence-electron chi connectivity index (χ3n) is 3.86. The molecule has 0 saturated heterocycles. The molecule has 0 radical (unpaired) electrons. The van der Waals surface area contributed by atoms with Crippen LogP contribution in [-0.4, -0.2) is 47.1 Å². The first kappa shape index (κ1) is 20.2. The van der Waals surface area contributed by atoms with E-state index in [1.807, 2.05) is 0 Å². The number of aliphatic hydroxyl groups is 2. The van der Waals surface area contributed by atoms with Crippen molar-refractivity contribution in [2.75, 3.05) is 18.1 Å². The molecule has 2 aromatic carbocycles. The van der Waals surface area contributed by atoms with Gasteiger partial charge >= 0.3 is 11.9 Å². The molecule has 0 aromatic heterocycles. The zero-order valence-corrected chi connectivity index (χ0v) is 14.7. The molecule has 0 amide bonds. The van der Waals surface area contributed by atoms with Crippen LogP contribution in [0.4, 0.5) is 11.4 Å². The number of nitrogen functional groups attached to an aromatic ring is 2. The topological polar surface area (TPSA) is 145 Å². The minimum Gasteiger partial charge on any atom is -0.455 e. The van der Waals surface area contributed by atoms with Crippen LogP contribution in [0.1, 0.15) is 27.6 Å². The van der Waals surface area contributed by atoms with Crippen LogP contribution in [0.3, 0.4) is 0 Å². The summed E-state index contributed by atoms with van der Waals surface area (Å²) in [7, 11) is 0. The summed E-state index contributed by atoms with van der Waals surface area (Å²) >= 11 is 0. The van der Waals surface area contributed by atoms with Gasteiger partial charge in [0, 0.05) is 11.4 Å². The van der Waals surface area contributed by atoms with E-state index in [2.05, 4.69) is 0 Å². The molecule has 6 N–H and O–H groups in total. The van der Waals surface area contributed by atoms with Crippen molar-refractivity contribution in [1.29, 1.82) is 0 Å². The minimum atomic E-state index is -1.43. The molecular formula is C19H22N2O6. The van der Waals surface area contributed by atoms with Crippen LogP contribution in [0.2, 0.25) is 0 Å². The molecule has 0 aliphatic rings. The predicted molar refractivity (Wildman–Crippen MR) is 98.9 cm³/mol. The lowest BCUT2D eigenvalue weighted by atomic mass is 10.1. The standard InChI is InChI=1S/C19H22N2O6/c1-11(26-18(24)12-2-6-14(20)7-3-12)17(16(23)10-22)27-19(25)13-4-8-15(21)9-5-13/h2-9,11,16-17,22-23H,10,20-21H2,1H3. The Bertz CT molecular complexity index is 776. The summed E-state index contributed by atoms with van der Waals surface area (Å²) in [6.45, 7) is 0.776. The SMILES string of the molecule is CC(OC(=O)c1ccc(N)cc1)C(OC(=O)c1ccc(N)cc1)C(O)CO. The summed E-state index contributed by atoms with van der Waals surface area (Å²) in [4.78, 5) is 24.5. The normalized spacial score (nSPS) is 14.0. The number of hydrogen-bond donors (Lipinski definition) is 4. The van der Waals surface area contributed by atoms with Gasteiger partial charge in [0.15, 0.2) is 6.10 Å². The van der Waals surface area contributed by atoms with E-state index >= 15 is 0 Å². The van der Waals surface area contributed by atoms with Crippen molar-refractivity contribution < 1.29 is 29.3 Å². The molecule has 8 heteroatoms. The largest absolute Gasteiger partial charge is 0.455 e. The van der Waals surface area contributed by atoms with E-state index in [1.54, 1.807) is 12.1 Å². The Morgan fingerprint density at radius 2 is 1.30 bits per heavy atom. The fourth-order valence-corrected chi connectivity index (χ4v) is 2.33. The second-order valence-corrected chi connectivity index (χ2v) is 5.97. The maximum Gasteiger partial charge on any atom is 0.338 e. The first-order valence-corrected chi connectivity index (χ1v) is 8.23. The predicted octanol–water partition coefficient (Wildman–Crippen LogP) is 0.975. The third-order valence-corrected chi connectivity index (χ3v) is 3.86. The van der Waals surface area contributed by atoms with Gasteiger partial charge < -0.3 is 31.2 Å². The van der Waals surface area contributed by atoms with E-state index in [4.69, 9.17) is 20.9 Å². The molecular weight excluding hydrogens is 352 g/mol. The molecule has 0 aliphatic carbocycles. The van der Waals surface area contributed by atoms with Crippen LogP contribution >= 0.6 is 0 Å². The highest BCUT2D eigenvalue weighted by Gasteiger charge is 2.32. The number of aliphatic hydroxyl groups excluding tert-OH is 2. The van der Waals surface area contributed by atoms with Gasteiger partial charge in [-0.3, -0.25) is 0 Å². The summed E-state index contributed by atoms with van der Waals surface area (Å²) < 4.78 is 10.5. The number of carbonyl (C=O) groups excluding carboxylic acids is 2. The van der Waals surface area contributed by atoms with Crippen molar-refractivity contribution in [3.8, 4) is 0 Å². The summed E-state index contributed by atoms with van der Waals surface area (Å²) in [5.41, 5.74) is 12.6. The van der Waals surface area contributed by atoms with E-state index in [1.165, 1.54) is 43.3 Å². The van der Waals surface area contributed by atoms with Gasteiger partial charge in [-0.05, 0) is 55.5 Å². The van der Waals surface area contributed by atoms with Crippen molar-refractivity contribution in [2.24, 2.45) is 0 Å². The van der Waals surface area contributed by atoms with Gasteiger partial charge in [0.25, 0.3) is 0 Å². The second kappa shape index (κ2) is 9.02. The Hall–Kier alpha value is -3.10. The van der Waals surface area contributed by atoms with Gasteiger partial charge in [0.05, 0.1) is 17.7 Å². The Balaban J connectivity index is 2.09. The number of rotatable bonds is 7. The van der Waals surface area contributed by atoms with Crippen LogP contribution in [0.5, 0.6) is 0 Å². The van der Waals surface area contributed by atoms with Gasteiger partial charge in [-0.25, -0.2) is 9.59 Å². The zero-order valence-electron chi connectivity index (χ0n) is 14.7. The first-order valence-electron chi connectivity index (χ1n) is 8.23. The molecule has 3 atom stereocenters. The number of ether oxygens (including phenoxy) is 2. The Morgan fingerprint density at radius 1 is 0.889 bits per heavy atom. The van der Waals surface area contributed by atoms with Crippen molar-refractivity contribution in [3.05, 3.63) is 59.7 Å². The minimum absolute atomic E-state index is 0.205. The lowest BCUT2D eigenvalue weighted by Gasteiger charge is -2.27. The van der Waals surface area contributed by atoms with E-state index in [0.29, 0.717) is 11.4 Å². The summed E-state index contributed by atoms with van der Waals surface area (Å²) in [6.07, 6.45) is -3.72. The Labute approximate surface area is 156 Å². The summed E-state index contributed by atoms with van der Waals surface area (Å²) in [6, 6.07) is 12.0. The monoisotopic (exact) mass is 374 g/mol. The van der Waals surface area contributed by atoms with Gasteiger partial charge in [0.2, 0.25) is 0 Å². The number of nitrogens with two attached hydrogens (primary N) is 2. The second-order valence-electron chi connectivity index (χ2n) is 5.97. The lowest BCUT2D eigenvalue weighted by molar-refractivity contribution is -0.0883. The molecule has 2 rings (SSSR count). The van der Waals surface area contributed by atoms with Gasteiger partial charge in [0.1, 0.15) is 12.2 Å². The number of hydrogen-bond acceptors (Lipinski definition) is 8. The number of benzene rings is 2. The molecule has 0 aliphatic heterocycles. The van der Waals surface area contributed by atoms with E-state index in [9.17, 15) is 19.8 Å². The fraction of sp³-hybridized carbons (Fsp3) is 0.263. The zero-order chi connectivity index (χ0) is 20.0. The maximum absolute atomic E-state index is 12.3. The molecule has 2 aromatic rings. The Kier molecular flexibility index (Phi) is 6.75. The number of esters is 2. The number of anilines is 2. The van der Waals surface area contributed by atoms with Gasteiger partial charge in [-0.15, -0.1) is 0 Å². The van der Waals surface area contributed by atoms with Gasteiger partial charge in [-0.1, -0.05) is 0 Å². The molecule has 144 valence electrons. The van der Waals surface area contributed by atoms with E-state index < -0.39 is 36.9 Å². The molecule has 0 bridgehead atoms. The summed E-state index contributed by atoms with van der Waals surface area (Å²) in [5, 5.41) is 19.2. The third kappa shape index (κ3) is 5.44. The molecule has 0 heterocycles. The van der Waals surface area contributed by atoms with Crippen LogP contribution < -0.4 is 11.5 Å². The smallest absolute Gasteiger partial charge is 0.338 e. The van der Waals surface area contributed by atoms with Crippen LogP contribution in [0.25, 0.3) is 0 Å². The lowest BCUT2D eigenvalue weighted by Crippen LogP contribution is -2.43. The van der Waals surface area contributed by atoms with Crippen molar-refractivity contribution >= 4 is 23.3 Å². The highest BCUT2D eigenvalue weighted by atomic mass is 16.6. The highest BCUT2D eigenvalue weighted by molar-refractivity contribution is 5.90. The van der Waals surface area contributed by atoms with Crippen LogP contribution in [0.15, 0.2) is 48.5 Å². The van der Waals surface area contributed by atoms with E-state index in [-0.39, 0.29) is 11.1 Å². The fourth-order valence-electron chi connectivity index (χ4n) is 2.33. The molecule has 27 heavy (non-hydrogen) atoms. The molecule has 3 unspecified atom stereocenters. The van der Waals surface area contributed by atoms with Gasteiger partial charge in [-0.2, -0.15) is 0 Å². The van der Waals surface area contributed by atoms with Crippen LogP contribution in [-0.2, 0) is 9.47 Å². The molecule has 0 saturated carbocycles. The van der Waals surface area contributed by atoms with E-state index in [0.717, 1.165) is 0 Å². The van der Waals surface area contributed by atoms with Crippen LogP contribution in [0, 0.1) is 0 Å². The van der Waals surface area contributed by atoms with Crippen molar-refractivity contribution in [1.82, 2.24) is 0 Å². The average molecular weight is 374 g/mol. The maximum atomic E-state index is 12.3. The Morgan fingerprint density at radius 3 is 1.70 bits per heavy atom. The first-order chi connectivity index (χ1) is 12.8. The number of carbonyl (C=O) groups is 2. The highest BCUT2D eigenvalue weighted by Crippen LogP contribution is 2.16.